The van der Waals surface area contributed by atoms with Crippen molar-refractivity contribution in [1.82, 2.24) is 20.0 Å². The summed E-state index contributed by atoms with van der Waals surface area (Å²) in [4.78, 5) is 22.8. The second kappa shape index (κ2) is 10.5. The smallest absolute Gasteiger partial charge is 0.243 e. The first-order valence-electron chi connectivity index (χ1n) is 9.33. The summed E-state index contributed by atoms with van der Waals surface area (Å²) >= 11 is 0. The summed E-state index contributed by atoms with van der Waals surface area (Å²) in [7, 11) is 3.55. The predicted octanol–water partition coefficient (Wildman–Crippen LogP) is 1.34. The van der Waals surface area contributed by atoms with Gasteiger partial charge in [-0.3, -0.25) is 4.79 Å². The Balaban J connectivity index is 2.66. The van der Waals surface area contributed by atoms with Gasteiger partial charge in [0.05, 0.1) is 0 Å². The van der Waals surface area contributed by atoms with Gasteiger partial charge >= 0.3 is 0 Å². The molecule has 1 rings (SSSR count). The monoisotopic (exact) mass is 339 g/mol. The fraction of sp³-hybridized carbons (Fsp3) is 0.889. The van der Waals surface area contributed by atoms with E-state index in [-0.39, 0.29) is 12.5 Å². The molecule has 1 aliphatic heterocycles. The Morgan fingerprint density at radius 1 is 1.29 bits per heavy atom. The van der Waals surface area contributed by atoms with E-state index < -0.39 is 0 Å². The van der Waals surface area contributed by atoms with Gasteiger partial charge in [-0.2, -0.15) is 0 Å². The molecule has 0 aliphatic carbocycles. The summed E-state index contributed by atoms with van der Waals surface area (Å²) in [5.41, 5.74) is 0. The molecule has 140 valence electrons. The standard InChI is InChI=1S/C18H37N5O/c1-7-22(8-2)13-16-9-10-23(14-16)18(19-11-15(3)4)20-12-17(24)21(5)6/h15-16H,7-14H2,1-6H3,(H,19,20). The Labute approximate surface area is 148 Å². The van der Waals surface area contributed by atoms with E-state index in [0.29, 0.717) is 11.8 Å². The molecule has 24 heavy (non-hydrogen) atoms. The molecule has 0 saturated carbocycles. The van der Waals surface area contributed by atoms with Crippen LogP contribution in [-0.4, -0.2) is 86.5 Å². The minimum atomic E-state index is 0.0396. The van der Waals surface area contributed by atoms with Crippen molar-refractivity contribution in [2.45, 2.75) is 34.1 Å². The van der Waals surface area contributed by atoms with Crippen LogP contribution in [0.1, 0.15) is 34.1 Å². The van der Waals surface area contributed by atoms with E-state index in [0.717, 1.165) is 45.2 Å². The number of amides is 1. The molecule has 1 fully saturated rings. The van der Waals surface area contributed by atoms with Gasteiger partial charge in [0, 0.05) is 40.3 Å². The molecule has 6 nitrogen and oxygen atoms in total. The number of nitrogens with one attached hydrogen (secondary N) is 1. The zero-order valence-corrected chi connectivity index (χ0v) is 16.5. The predicted molar refractivity (Wildman–Crippen MR) is 101 cm³/mol. The third-order valence-corrected chi connectivity index (χ3v) is 4.53. The van der Waals surface area contributed by atoms with E-state index in [9.17, 15) is 4.79 Å². The SMILES string of the molecule is CCN(CC)CC1CCN(C(=NCC(=O)N(C)C)NCC(C)C)C1. The van der Waals surface area contributed by atoms with Crippen LogP contribution < -0.4 is 5.32 Å². The highest BCUT2D eigenvalue weighted by atomic mass is 16.2. The number of aliphatic imine (C=N–C) groups is 1. The first-order valence-corrected chi connectivity index (χ1v) is 9.33. The number of guanidine groups is 1. The molecule has 0 aromatic heterocycles. The summed E-state index contributed by atoms with van der Waals surface area (Å²) in [6.07, 6.45) is 1.19. The maximum Gasteiger partial charge on any atom is 0.243 e. The van der Waals surface area contributed by atoms with E-state index in [1.54, 1.807) is 19.0 Å². The molecule has 0 bridgehead atoms. The van der Waals surface area contributed by atoms with Crippen molar-refractivity contribution in [3.05, 3.63) is 0 Å². The van der Waals surface area contributed by atoms with Crippen LogP contribution in [0.3, 0.4) is 0 Å². The van der Waals surface area contributed by atoms with Crippen LogP contribution in [0.4, 0.5) is 0 Å². The van der Waals surface area contributed by atoms with Gasteiger partial charge in [-0.25, -0.2) is 4.99 Å². The summed E-state index contributed by atoms with van der Waals surface area (Å²) < 4.78 is 0. The average Bonchev–Trinajstić information content (AvgIpc) is 3.00. The normalized spacial score (nSPS) is 18.6. The van der Waals surface area contributed by atoms with Crippen LogP contribution >= 0.6 is 0 Å². The van der Waals surface area contributed by atoms with Gasteiger partial charge in [0.1, 0.15) is 6.54 Å². The molecular formula is C18H37N5O. The van der Waals surface area contributed by atoms with Crippen LogP contribution in [0, 0.1) is 11.8 Å². The number of nitrogens with zero attached hydrogens (tertiary/aromatic N) is 4. The quantitative estimate of drug-likeness (QED) is 0.536. The van der Waals surface area contributed by atoms with E-state index in [4.69, 9.17) is 0 Å². The van der Waals surface area contributed by atoms with Crippen LogP contribution in [0.15, 0.2) is 4.99 Å². The lowest BCUT2D eigenvalue weighted by Gasteiger charge is -2.25. The van der Waals surface area contributed by atoms with Crippen molar-refractivity contribution in [2.24, 2.45) is 16.8 Å². The number of carbonyl (C=O) groups excluding carboxylic acids is 1. The molecule has 1 aliphatic rings. The molecule has 1 unspecified atom stereocenters. The number of carbonyl (C=O) groups is 1. The van der Waals surface area contributed by atoms with E-state index in [1.165, 1.54) is 6.42 Å². The second-order valence-corrected chi connectivity index (χ2v) is 7.29. The van der Waals surface area contributed by atoms with E-state index in [1.807, 2.05) is 0 Å². The highest BCUT2D eigenvalue weighted by Crippen LogP contribution is 2.17. The summed E-state index contributed by atoms with van der Waals surface area (Å²) in [5, 5.41) is 3.45. The maximum absolute atomic E-state index is 11.9. The molecule has 6 heteroatoms. The summed E-state index contributed by atoms with van der Waals surface area (Å²) in [6, 6.07) is 0. The molecule has 0 aromatic carbocycles. The van der Waals surface area contributed by atoms with Crippen molar-refractivity contribution >= 4 is 11.9 Å². The van der Waals surface area contributed by atoms with Gasteiger partial charge in [-0.15, -0.1) is 0 Å². The number of likely N-dealkylation sites (N-methyl/N-ethyl adjacent to an activating group) is 1. The van der Waals surface area contributed by atoms with E-state index in [2.05, 4.69) is 47.8 Å². The van der Waals surface area contributed by atoms with Crippen molar-refractivity contribution in [3.63, 3.8) is 0 Å². The third-order valence-electron chi connectivity index (χ3n) is 4.53. The fourth-order valence-electron chi connectivity index (χ4n) is 2.87. The Morgan fingerprint density at radius 3 is 2.50 bits per heavy atom. The largest absolute Gasteiger partial charge is 0.356 e. The molecule has 0 radical (unpaired) electrons. The minimum absolute atomic E-state index is 0.0396. The second-order valence-electron chi connectivity index (χ2n) is 7.29. The van der Waals surface area contributed by atoms with Gasteiger partial charge in [0.2, 0.25) is 5.91 Å². The molecule has 1 saturated heterocycles. The highest BCUT2D eigenvalue weighted by molar-refractivity contribution is 5.85. The van der Waals surface area contributed by atoms with Crippen LogP contribution in [0.2, 0.25) is 0 Å². The highest BCUT2D eigenvalue weighted by Gasteiger charge is 2.26. The Hall–Kier alpha value is -1.30. The Bertz CT molecular complexity index is 404. The molecule has 0 spiro atoms. The van der Waals surface area contributed by atoms with Crippen molar-refractivity contribution < 1.29 is 4.79 Å². The first kappa shape index (κ1) is 20.7. The topological polar surface area (TPSA) is 51.2 Å². The van der Waals surface area contributed by atoms with Gasteiger partial charge in [0.15, 0.2) is 5.96 Å². The molecule has 0 aromatic rings. The van der Waals surface area contributed by atoms with Gasteiger partial charge in [-0.1, -0.05) is 27.7 Å². The van der Waals surface area contributed by atoms with Crippen molar-refractivity contribution in [1.29, 1.82) is 0 Å². The molecule has 1 amide bonds. The molecular weight excluding hydrogens is 302 g/mol. The number of rotatable bonds is 8. The zero-order chi connectivity index (χ0) is 18.1. The lowest BCUT2D eigenvalue weighted by Crippen LogP contribution is -2.43. The Kier molecular flexibility index (Phi) is 9.11. The molecule has 1 N–H and O–H groups in total. The van der Waals surface area contributed by atoms with E-state index >= 15 is 0 Å². The number of hydrogen-bond acceptors (Lipinski definition) is 3. The first-order chi connectivity index (χ1) is 11.4. The minimum Gasteiger partial charge on any atom is -0.356 e. The van der Waals surface area contributed by atoms with Crippen molar-refractivity contribution in [3.8, 4) is 0 Å². The molecule has 1 heterocycles. The van der Waals surface area contributed by atoms with Crippen LogP contribution in [0.5, 0.6) is 0 Å². The third kappa shape index (κ3) is 7.07. The summed E-state index contributed by atoms with van der Waals surface area (Å²) in [5.74, 6) is 2.16. The maximum atomic E-state index is 11.9. The summed E-state index contributed by atoms with van der Waals surface area (Å²) in [6.45, 7) is 15.3. The molecule has 1 atom stereocenters. The lowest BCUT2D eigenvalue weighted by molar-refractivity contribution is -0.127. The van der Waals surface area contributed by atoms with Crippen molar-refractivity contribution in [2.75, 3.05) is 59.9 Å². The van der Waals surface area contributed by atoms with Gasteiger partial charge in [-0.05, 0) is 31.3 Å². The van der Waals surface area contributed by atoms with Gasteiger partial charge < -0.3 is 20.0 Å². The average molecular weight is 340 g/mol. The van der Waals surface area contributed by atoms with Crippen LogP contribution in [-0.2, 0) is 4.79 Å². The van der Waals surface area contributed by atoms with Gasteiger partial charge in [0.25, 0.3) is 0 Å². The number of likely N-dealkylation sites (tertiary alicyclic amines) is 1. The fourth-order valence-corrected chi connectivity index (χ4v) is 2.87. The Morgan fingerprint density at radius 2 is 1.96 bits per heavy atom. The lowest BCUT2D eigenvalue weighted by atomic mass is 10.1. The van der Waals surface area contributed by atoms with Crippen LogP contribution in [0.25, 0.3) is 0 Å². The zero-order valence-electron chi connectivity index (χ0n) is 16.5. The number of hydrogen-bond donors (Lipinski definition) is 1.